The molecule has 18 heavy (non-hydrogen) atoms. The molecule has 0 fully saturated rings. The summed E-state index contributed by atoms with van der Waals surface area (Å²) in [5.41, 5.74) is 1.85. The molecule has 3 nitrogen and oxygen atoms in total. The molecule has 0 saturated carbocycles. The fourth-order valence-corrected chi connectivity index (χ4v) is 1.76. The third kappa shape index (κ3) is 2.47. The van der Waals surface area contributed by atoms with Gasteiger partial charge in [-0.1, -0.05) is 19.9 Å². The number of hydrogen-bond donors (Lipinski definition) is 1. The van der Waals surface area contributed by atoms with Gasteiger partial charge in [-0.2, -0.15) is 0 Å². The first-order chi connectivity index (χ1) is 8.47. The molecule has 1 aromatic heterocycles. The topological polar surface area (TPSA) is 45.8 Å². The van der Waals surface area contributed by atoms with E-state index in [-0.39, 0.29) is 17.3 Å². The van der Waals surface area contributed by atoms with Gasteiger partial charge in [0.05, 0.1) is 5.69 Å². The first-order valence-electron chi connectivity index (χ1n) is 5.85. The standard InChI is InChI=1S/C14H15FN2O/c1-8(2)14-16-12(7-13(18)17-14)11-6-10(15)5-4-9(11)3/h4-8H,1-3H3,(H,16,17,18). The van der Waals surface area contributed by atoms with Crippen molar-refractivity contribution < 1.29 is 4.39 Å². The second kappa shape index (κ2) is 4.72. The molecule has 2 rings (SSSR count). The molecule has 0 aliphatic heterocycles. The minimum Gasteiger partial charge on any atom is -0.310 e. The number of nitrogens with zero attached hydrogens (tertiary/aromatic N) is 1. The van der Waals surface area contributed by atoms with Crippen LogP contribution in [0.25, 0.3) is 11.3 Å². The van der Waals surface area contributed by atoms with Crippen molar-refractivity contribution in [2.45, 2.75) is 26.7 Å². The van der Waals surface area contributed by atoms with E-state index in [1.54, 1.807) is 6.07 Å². The minimum atomic E-state index is -0.330. The third-order valence-corrected chi connectivity index (χ3v) is 2.78. The van der Waals surface area contributed by atoms with Gasteiger partial charge in [-0.15, -0.1) is 0 Å². The summed E-state index contributed by atoms with van der Waals surface area (Å²) in [6.45, 7) is 5.76. The molecule has 2 aromatic rings. The number of aromatic nitrogens is 2. The van der Waals surface area contributed by atoms with Crippen LogP contribution in [-0.4, -0.2) is 9.97 Å². The van der Waals surface area contributed by atoms with E-state index in [0.717, 1.165) is 5.56 Å². The van der Waals surface area contributed by atoms with E-state index in [1.165, 1.54) is 18.2 Å². The number of hydrogen-bond acceptors (Lipinski definition) is 2. The molecule has 94 valence electrons. The monoisotopic (exact) mass is 246 g/mol. The number of halogens is 1. The molecular formula is C14H15FN2O. The Balaban J connectivity index is 2.63. The van der Waals surface area contributed by atoms with Gasteiger partial charge in [0.2, 0.25) is 0 Å². The number of nitrogens with one attached hydrogen (secondary N) is 1. The van der Waals surface area contributed by atoms with Crippen LogP contribution in [-0.2, 0) is 0 Å². The molecule has 1 heterocycles. The first-order valence-corrected chi connectivity index (χ1v) is 5.85. The Kier molecular flexibility index (Phi) is 3.28. The largest absolute Gasteiger partial charge is 0.310 e. The van der Waals surface area contributed by atoms with Crippen molar-refractivity contribution in [3.63, 3.8) is 0 Å². The zero-order chi connectivity index (χ0) is 13.3. The van der Waals surface area contributed by atoms with Crippen molar-refractivity contribution in [3.05, 3.63) is 51.8 Å². The van der Waals surface area contributed by atoms with Crippen LogP contribution in [0.1, 0.15) is 31.2 Å². The molecule has 0 aliphatic carbocycles. The van der Waals surface area contributed by atoms with Gasteiger partial charge in [-0.3, -0.25) is 4.79 Å². The average molecular weight is 246 g/mol. The lowest BCUT2D eigenvalue weighted by Crippen LogP contribution is -2.12. The molecular weight excluding hydrogens is 231 g/mol. The predicted molar refractivity (Wildman–Crippen MR) is 69.1 cm³/mol. The van der Waals surface area contributed by atoms with Crippen LogP contribution < -0.4 is 5.56 Å². The Labute approximate surface area is 105 Å². The lowest BCUT2D eigenvalue weighted by atomic mass is 10.0. The van der Waals surface area contributed by atoms with Crippen molar-refractivity contribution in [2.24, 2.45) is 0 Å². The van der Waals surface area contributed by atoms with Crippen LogP contribution in [0.5, 0.6) is 0 Å². The summed E-state index contributed by atoms with van der Waals surface area (Å²) in [5, 5.41) is 0. The Hall–Kier alpha value is -1.97. The van der Waals surface area contributed by atoms with E-state index in [2.05, 4.69) is 9.97 Å². The van der Waals surface area contributed by atoms with Crippen LogP contribution in [0.3, 0.4) is 0 Å². The van der Waals surface area contributed by atoms with Gasteiger partial charge in [0.25, 0.3) is 5.56 Å². The molecule has 1 aromatic carbocycles. The Morgan fingerprint density at radius 3 is 2.67 bits per heavy atom. The molecule has 0 bridgehead atoms. The molecule has 0 spiro atoms. The highest BCUT2D eigenvalue weighted by Gasteiger charge is 2.09. The number of aromatic amines is 1. The zero-order valence-corrected chi connectivity index (χ0v) is 10.6. The van der Waals surface area contributed by atoms with Gasteiger partial charge in [0.15, 0.2) is 0 Å². The summed E-state index contributed by atoms with van der Waals surface area (Å²) < 4.78 is 13.3. The molecule has 4 heteroatoms. The molecule has 0 saturated heterocycles. The Bertz CT molecular complexity index is 632. The summed E-state index contributed by atoms with van der Waals surface area (Å²) in [6.07, 6.45) is 0. The highest BCUT2D eigenvalue weighted by atomic mass is 19.1. The second-order valence-electron chi connectivity index (χ2n) is 4.63. The van der Waals surface area contributed by atoms with E-state index < -0.39 is 0 Å². The number of rotatable bonds is 2. The normalized spacial score (nSPS) is 10.9. The summed E-state index contributed by atoms with van der Waals surface area (Å²) in [4.78, 5) is 18.7. The maximum atomic E-state index is 13.3. The molecule has 0 radical (unpaired) electrons. The van der Waals surface area contributed by atoms with Crippen molar-refractivity contribution in [1.82, 2.24) is 9.97 Å². The summed E-state index contributed by atoms with van der Waals surface area (Å²) in [6, 6.07) is 5.88. The molecule has 0 unspecified atom stereocenters. The molecule has 0 atom stereocenters. The van der Waals surface area contributed by atoms with Crippen molar-refractivity contribution in [3.8, 4) is 11.3 Å². The first kappa shape index (κ1) is 12.5. The summed E-state index contributed by atoms with van der Waals surface area (Å²) >= 11 is 0. The molecule has 0 aliphatic rings. The van der Waals surface area contributed by atoms with Crippen LogP contribution >= 0.6 is 0 Å². The predicted octanol–water partition coefficient (Wildman–Crippen LogP) is 3.01. The number of benzene rings is 1. The van der Waals surface area contributed by atoms with Gasteiger partial charge >= 0.3 is 0 Å². The van der Waals surface area contributed by atoms with E-state index >= 15 is 0 Å². The average Bonchev–Trinajstić information content (AvgIpc) is 2.31. The lowest BCUT2D eigenvalue weighted by molar-refractivity contribution is 0.628. The number of H-pyrrole nitrogens is 1. The molecule has 1 N–H and O–H groups in total. The summed E-state index contributed by atoms with van der Waals surface area (Å²) in [5.74, 6) is 0.399. The van der Waals surface area contributed by atoms with Crippen LogP contribution in [0.4, 0.5) is 4.39 Å². The van der Waals surface area contributed by atoms with Gasteiger partial charge in [0.1, 0.15) is 11.6 Å². The van der Waals surface area contributed by atoms with Crippen molar-refractivity contribution in [2.75, 3.05) is 0 Å². The summed E-state index contributed by atoms with van der Waals surface area (Å²) in [7, 11) is 0. The maximum Gasteiger partial charge on any atom is 0.251 e. The minimum absolute atomic E-state index is 0.117. The van der Waals surface area contributed by atoms with Gasteiger partial charge < -0.3 is 4.98 Å². The number of aryl methyl sites for hydroxylation is 1. The van der Waals surface area contributed by atoms with Gasteiger partial charge in [0, 0.05) is 17.5 Å². The maximum absolute atomic E-state index is 13.3. The van der Waals surface area contributed by atoms with E-state index in [0.29, 0.717) is 17.1 Å². The Morgan fingerprint density at radius 2 is 2.00 bits per heavy atom. The highest BCUT2D eigenvalue weighted by Crippen LogP contribution is 2.22. The lowest BCUT2D eigenvalue weighted by Gasteiger charge is -2.09. The van der Waals surface area contributed by atoms with Crippen molar-refractivity contribution >= 4 is 0 Å². The quantitative estimate of drug-likeness (QED) is 0.885. The third-order valence-electron chi connectivity index (χ3n) is 2.78. The SMILES string of the molecule is Cc1ccc(F)cc1-c1cc(=O)[nH]c(C(C)C)n1. The van der Waals surface area contributed by atoms with Crippen LogP contribution in [0.15, 0.2) is 29.1 Å². The van der Waals surface area contributed by atoms with Gasteiger partial charge in [-0.25, -0.2) is 9.37 Å². The Morgan fingerprint density at radius 1 is 1.28 bits per heavy atom. The fraction of sp³-hybridized carbons (Fsp3) is 0.286. The highest BCUT2D eigenvalue weighted by molar-refractivity contribution is 5.63. The van der Waals surface area contributed by atoms with Gasteiger partial charge in [-0.05, 0) is 24.6 Å². The van der Waals surface area contributed by atoms with E-state index in [1.807, 2.05) is 20.8 Å². The molecule has 0 amide bonds. The van der Waals surface area contributed by atoms with Crippen LogP contribution in [0.2, 0.25) is 0 Å². The smallest absolute Gasteiger partial charge is 0.251 e. The van der Waals surface area contributed by atoms with Crippen LogP contribution in [0, 0.1) is 12.7 Å². The zero-order valence-electron chi connectivity index (χ0n) is 10.6. The second-order valence-corrected chi connectivity index (χ2v) is 4.63. The van der Waals surface area contributed by atoms with Crippen molar-refractivity contribution in [1.29, 1.82) is 0 Å². The fourth-order valence-electron chi connectivity index (χ4n) is 1.76. The van der Waals surface area contributed by atoms with E-state index in [9.17, 15) is 9.18 Å². The van der Waals surface area contributed by atoms with E-state index in [4.69, 9.17) is 0 Å².